The van der Waals surface area contributed by atoms with Crippen LogP contribution in [-0.4, -0.2) is 42.6 Å². The molecule has 6 nitrogen and oxygen atoms in total. The van der Waals surface area contributed by atoms with Gasteiger partial charge >= 0.3 is 6.03 Å². The molecule has 1 aliphatic carbocycles. The van der Waals surface area contributed by atoms with Crippen molar-refractivity contribution in [1.82, 2.24) is 15.5 Å². The van der Waals surface area contributed by atoms with Gasteiger partial charge in [-0.05, 0) is 51.4 Å². The summed E-state index contributed by atoms with van der Waals surface area (Å²) < 4.78 is 5.43. The number of urea groups is 1. The average Bonchev–Trinajstić information content (AvgIpc) is 3.08. The number of hydrogen-bond donors (Lipinski definition) is 2. The van der Waals surface area contributed by atoms with E-state index in [1.54, 1.807) is 6.92 Å². The molecule has 2 rings (SSSR count). The molecule has 1 fully saturated rings. The number of likely N-dealkylation sites (N-methyl/N-ethyl adjacent to an activating group) is 1. The zero-order valence-electron chi connectivity index (χ0n) is 15.4. The van der Waals surface area contributed by atoms with Gasteiger partial charge in [-0.2, -0.15) is 0 Å². The van der Waals surface area contributed by atoms with Gasteiger partial charge in [0.15, 0.2) is 0 Å². The van der Waals surface area contributed by atoms with Crippen LogP contribution >= 0.6 is 0 Å². The number of amides is 3. The van der Waals surface area contributed by atoms with Crippen LogP contribution in [0.1, 0.15) is 45.1 Å². The lowest BCUT2D eigenvalue weighted by molar-refractivity contribution is -0.124. The maximum Gasteiger partial charge on any atom is 0.321 e. The van der Waals surface area contributed by atoms with E-state index in [-0.39, 0.29) is 11.9 Å². The number of carbonyl (C=O) groups is 2. The molecule has 0 saturated heterocycles. The van der Waals surface area contributed by atoms with Gasteiger partial charge in [-0.1, -0.05) is 25.0 Å². The van der Waals surface area contributed by atoms with Crippen molar-refractivity contribution in [2.45, 2.75) is 58.2 Å². The van der Waals surface area contributed by atoms with Gasteiger partial charge in [0.05, 0.1) is 12.6 Å². The van der Waals surface area contributed by atoms with E-state index in [1.807, 2.05) is 43.1 Å². The van der Waals surface area contributed by atoms with Crippen molar-refractivity contribution < 1.29 is 14.3 Å². The average molecular weight is 347 g/mol. The number of ether oxygens (including phenoxy) is 1. The largest absolute Gasteiger partial charge is 0.494 e. The van der Waals surface area contributed by atoms with E-state index in [0.717, 1.165) is 37.0 Å². The van der Waals surface area contributed by atoms with Crippen molar-refractivity contribution in [2.24, 2.45) is 0 Å². The van der Waals surface area contributed by atoms with Crippen molar-refractivity contribution in [3.63, 3.8) is 0 Å². The van der Waals surface area contributed by atoms with Crippen molar-refractivity contribution in [3.8, 4) is 5.75 Å². The first-order valence-electron chi connectivity index (χ1n) is 9.03. The molecule has 2 N–H and O–H groups in total. The summed E-state index contributed by atoms with van der Waals surface area (Å²) in [4.78, 5) is 26.1. The van der Waals surface area contributed by atoms with Crippen LogP contribution in [0.2, 0.25) is 0 Å². The molecule has 138 valence electrons. The second-order valence-electron chi connectivity index (χ2n) is 6.61. The molecular weight excluding hydrogens is 318 g/mol. The van der Waals surface area contributed by atoms with E-state index in [2.05, 4.69) is 10.6 Å². The molecule has 0 radical (unpaired) electrons. The molecule has 0 spiro atoms. The standard InChI is InChI=1S/C19H29N3O3/c1-4-25-17-11-9-15(10-12-17)13-22(3)14(2)18(23)21-19(24)20-16-7-5-6-8-16/h9-12,14,16H,4-8,13H2,1-3H3,(H2,20,21,23,24)/t14-/m0/s1. The minimum absolute atomic E-state index is 0.199. The lowest BCUT2D eigenvalue weighted by Crippen LogP contribution is -2.50. The molecule has 1 saturated carbocycles. The molecule has 0 aliphatic heterocycles. The number of imide groups is 1. The molecule has 0 unspecified atom stereocenters. The van der Waals surface area contributed by atoms with Gasteiger partial charge in [-0.3, -0.25) is 15.0 Å². The molecule has 0 aromatic heterocycles. The Labute approximate surface area is 149 Å². The van der Waals surface area contributed by atoms with Crippen LogP contribution in [0.25, 0.3) is 0 Å². The number of benzene rings is 1. The normalized spacial score (nSPS) is 15.8. The Hall–Kier alpha value is -2.08. The summed E-state index contributed by atoms with van der Waals surface area (Å²) in [5.41, 5.74) is 1.08. The van der Waals surface area contributed by atoms with Crippen molar-refractivity contribution in [2.75, 3.05) is 13.7 Å². The van der Waals surface area contributed by atoms with Crippen LogP contribution in [0.5, 0.6) is 5.75 Å². The molecule has 0 bridgehead atoms. The Kier molecular flexibility index (Phi) is 7.25. The molecule has 1 aliphatic rings. The summed E-state index contributed by atoms with van der Waals surface area (Å²) in [6.45, 7) is 5.00. The van der Waals surface area contributed by atoms with Gasteiger partial charge in [0.1, 0.15) is 5.75 Å². The number of nitrogens with zero attached hydrogens (tertiary/aromatic N) is 1. The minimum Gasteiger partial charge on any atom is -0.494 e. The van der Waals surface area contributed by atoms with Gasteiger partial charge in [0.25, 0.3) is 0 Å². The number of nitrogens with one attached hydrogen (secondary N) is 2. The molecule has 25 heavy (non-hydrogen) atoms. The van der Waals surface area contributed by atoms with Gasteiger partial charge in [0, 0.05) is 12.6 Å². The molecule has 0 heterocycles. The number of hydrogen-bond acceptors (Lipinski definition) is 4. The quantitative estimate of drug-likeness (QED) is 0.795. The van der Waals surface area contributed by atoms with E-state index < -0.39 is 12.1 Å². The van der Waals surface area contributed by atoms with Crippen LogP contribution in [-0.2, 0) is 11.3 Å². The van der Waals surface area contributed by atoms with Crippen LogP contribution in [0.4, 0.5) is 4.79 Å². The third kappa shape index (κ3) is 6.05. The zero-order chi connectivity index (χ0) is 18.2. The fraction of sp³-hybridized carbons (Fsp3) is 0.579. The van der Waals surface area contributed by atoms with Crippen LogP contribution in [0.3, 0.4) is 0 Å². The first kappa shape index (κ1) is 19.2. The fourth-order valence-corrected chi connectivity index (χ4v) is 2.99. The maximum absolute atomic E-state index is 12.3. The highest BCUT2D eigenvalue weighted by Crippen LogP contribution is 2.17. The predicted molar refractivity (Wildman–Crippen MR) is 97.5 cm³/mol. The van der Waals surface area contributed by atoms with Gasteiger partial charge in [-0.25, -0.2) is 4.79 Å². The Morgan fingerprint density at radius 1 is 1.24 bits per heavy atom. The Bertz CT molecular complexity index is 568. The SMILES string of the molecule is CCOc1ccc(CN(C)[C@@H](C)C(=O)NC(=O)NC2CCCC2)cc1. The molecule has 1 aromatic rings. The molecule has 3 amide bonds. The molecule has 1 aromatic carbocycles. The third-order valence-corrected chi connectivity index (χ3v) is 4.63. The van der Waals surface area contributed by atoms with E-state index in [9.17, 15) is 9.59 Å². The predicted octanol–water partition coefficient (Wildman–Crippen LogP) is 2.67. The summed E-state index contributed by atoms with van der Waals surface area (Å²) in [6.07, 6.45) is 4.27. The van der Waals surface area contributed by atoms with Crippen LogP contribution in [0, 0.1) is 0 Å². The minimum atomic E-state index is -0.402. The summed E-state index contributed by atoms with van der Waals surface area (Å²) in [5.74, 6) is 0.548. The van der Waals surface area contributed by atoms with Crippen LogP contribution < -0.4 is 15.4 Å². The van der Waals surface area contributed by atoms with Gasteiger partial charge in [-0.15, -0.1) is 0 Å². The fourth-order valence-electron chi connectivity index (χ4n) is 2.99. The first-order chi connectivity index (χ1) is 12.0. The zero-order valence-corrected chi connectivity index (χ0v) is 15.4. The molecule has 1 atom stereocenters. The second-order valence-corrected chi connectivity index (χ2v) is 6.61. The van der Waals surface area contributed by atoms with E-state index in [1.165, 1.54) is 0 Å². The Morgan fingerprint density at radius 2 is 1.88 bits per heavy atom. The van der Waals surface area contributed by atoms with E-state index >= 15 is 0 Å². The lowest BCUT2D eigenvalue weighted by Gasteiger charge is -2.24. The Morgan fingerprint density at radius 3 is 2.48 bits per heavy atom. The number of rotatable bonds is 7. The van der Waals surface area contributed by atoms with Crippen LogP contribution in [0.15, 0.2) is 24.3 Å². The highest BCUT2D eigenvalue weighted by atomic mass is 16.5. The Balaban J connectivity index is 1.80. The van der Waals surface area contributed by atoms with Crippen molar-refractivity contribution in [3.05, 3.63) is 29.8 Å². The van der Waals surface area contributed by atoms with Gasteiger partial charge < -0.3 is 10.1 Å². The smallest absolute Gasteiger partial charge is 0.321 e. The first-order valence-corrected chi connectivity index (χ1v) is 9.03. The van der Waals surface area contributed by atoms with Gasteiger partial charge in [0.2, 0.25) is 5.91 Å². The summed E-state index contributed by atoms with van der Waals surface area (Å²) >= 11 is 0. The maximum atomic E-state index is 12.3. The second kappa shape index (κ2) is 9.42. The lowest BCUT2D eigenvalue weighted by atomic mass is 10.2. The van der Waals surface area contributed by atoms with Crippen molar-refractivity contribution in [1.29, 1.82) is 0 Å². The molecule has 6 heteroatoms. The van der Waals surface area contributed by atoms with Crippen molar-refractivity contribution >= 4 is 11.9 Å². The third-order valence-electron chi connectivity index (χ3n) is 4.63. The monoisotopic (exact) mass is 347 g/mol. The van der Waals surface area contributed by atoms with E-state index in [4.69, 9.17) is 4.74 Å². The summed E-state index contributed by atoms with van der Waals surface area (Å²) in [6, 6.07) is 7.22. The molecular formula is C19H29N3O3. The topological polar surface area (TPSA) is 70.7 Å². The highest BCUT2D eigenvalue weighted by Gasteiger charge is 2.22. The highest BCUT2D eigenvalue weighted by molar-refractivity contribution is 5.96. The number of carbonyl (C=O) groups excluding carboxylic acids is 2. The van der Waals surface area contributed by atoms with E-state index in [0.29, 0.717) is 13.2 Å². The summed E-state index contributed by atoms with van der Waals surface area (Å²) in [5, 5.41) is 5.32. The summed E-state index contributed by atoms with van der Waals surface area (Å²) in [7, 11) is 1.87.